The lowest BCUT2D eigenvalue weighted by Crippen LogP contribution is -2.51. The summed E-state index contributed by atoms with van der Waals surface area (Å²) in [6.45, 7) is -1.67. The molecule has 2 aromatic rings. The molecule has 73 heavy (non-hydrogen) atoms. The second kappa shape index (κ2) is 29.6. The van der Waals surface area contributed by atoms with E-state index in [0.717, 1.165) is 60.6 Å². The van der Waals surface area contributed by atoms with Crippen LogP contribution in [0.4, 0.5) is 4.79 Å². The van der Waals surface area contributed by atoms with Gasteiger partial charge in [-0.3, -0.25) is 42.8 Å². The van der Waals surface area contributed by atoms with E-state index in [0.29, 0.717) is 62.3 Å². The zero-order valence-electron chi connectivity index (χ0n) is 40.9. The number of aryl methyl sites for hydroxylation is 1. The first-order valence-electron chi connectivity index (χ1n) is 23.9. The Balaban J connectivity index is 1.50. The number of carbonyl (C=O) groups is 11. The van der Waals surface area contributed by atoms with Crippen LogP contribution >= 0.6 is 0 Å². The number of urea groups is 1. The van der Waals surface area contributed by atoms with Gasteiger partial charge in [-0.25, -0.2) is 28.1 Å². The Morgan fingerprint density at radius 3 is 1.62 bits per heavy atom. The standard InChI is InChI=1S/C45H66N10O18/c1-49-17-18-50(22-36(57)53(24-39(61)62)25-40(63)64)34(49)28-55(29-35-51(19-20-52(35)30-55)23-37(58)54(26-41(65)66)27-42(67)68)21-11-7-5-3-2-4-6-8-13-33(56)46-16-10-9-12-31(43(69)70)47-45(73)48-32(44(71)72)14-15-38(59)60/h17-20,31-32H,2-16,21-30H2,1H3,(H7-3,46,47,48,56,59,60,61,62,63,64,65,66,67,68,69,70,71,72,73)/p+3. The van der Waals surface area contributed by atoms with E-state index in [1.165, 1.54) is 0 Å². The Labute approximate surface area is 419 Å². The Morgan fingerprint density at radius 1 is 0.603 bits per heavy atom. The van der Waals surface area contributed by atoms with E-state index in [1.54, 1.807) is 41.0 Å². The molecule has 3 heterocycles. The highest BCUT2D eigenvalue weighted by atomic mass is 16.4. The lowest BCUT2D eigenvalue weighted by molar-refractivity contribution is -1.04. The summed E-state index contributed by atoms with van der Waals surface area (Å²) < 4.78 is 7.51. The summed E-state index contributed by atoms with van der Waals surface area (Å²) in [6.07, 6.45) is 13.9. The molecule has 404 valence electrons. The molecule has 0 fully saturated rings. The zero-order chi connectivity index (χ0) is 54.3. The Bertz CT molecular complexity index is 2270. The van der Waals surface area contributed by atoms with E-state index in [9.17, 15) is 83.4 Å². The van der Waals surface area contributed by atoms with Gasteiger partial charge in [0.15, 0.2) is 26.2 Å². The van der Waals surface area contributed by atoms with Crippen LogP contribution in [0, 0.1) is 0 Å². The Hall–Kier alpha value is -7.65. The summed E-state index contributed by atoms with van der Waals surface area (Å²) in [7, 11) is 1.79. The van der Waals surface area contributed by atoms with Gasteiger partial charge in [-0.05, 0) is 44.9 Å². The van der Waals surface area contributed by atoms with Gasteiger partial charge in [-0.1, -0.05) is 32.1 Å². The predicted octanol–water partition coefficient (Wildman–Crippen LogP) is -1.25. The highest BCUT2D eigenvalue weighted by molar-refractivity contribution is 5.87. The van der Waals surface area contributed by atoms with E-state index < -0.39 is 104 Å². The third-order valence-corrected chi connectivity index (χ3v) is 12.2. The number of nitrogens with zero attached hydrogens (tertiary/aromatic N) is 7. The molecule has 0 aromatic carbocycles. The number of amides is 5. The smallest absolute Gasteiger partial charge is 0.326 e. The fraction of sp³-hybridized carbons (Fsp3) is 0.622. The third kappa shape index (κ3) is 21.3. The summed E-state index contributed by atoms with van der Waals surface area (Å²) in [4.78, 5) is 132. The van der Waals surface area contributed by atoms with Gasteiger partial charge in [0.1, 0.15) is 63.1 Å². The third-order valence-electron chi connectivity index (χ3n) is 12.2. The second-order valence-corrected chi connectivity index (χ2v) is 18.1. The topological polar surface area (TPSA) is 390 Å². The number of carboxylic acids is 7. The molecular weight excluding hydrogens is 969 g/mol. The van der Waals surface area contributed by atoms with Gasteiger partial charge >= 0.3 is 59.5 Å². The number of nitrogens with one attached hydrogen (secondary N) is 3. The number of unbranched alkanes of at least 4 members (excludes halogenated alkanes) is 8. The molecule has 1 aliphatic rings. The number of carboxylic acid groups (broad SMARTS) is 7. The molecule has 0 saturated heterocycles. The van der Waals surface area contributed by atoms with Gasteiger partial charge in [-0.2, -0.15) is 4.57 Å². The first-order chi connectivity index (χ1) is 34.5. The monoisotopic (exact) mass is 1040 g/mol. The maximum atomic E-state index is 13.3. The normalized spacial score (nSPS) is 14.5. The van der Waals surface area contributed by atoms with Crippen LogP contribution in [0.5, 0.6) is 0 Å². The van der Waals surface area contributed by atoms with Crippen LogP contribution in [-0.4, -0.2) is 176 Å². The molecule has 0 spiro atoms. The number of hydrogen-bond donors (Lipinski definition) is 10. The molecule has 3 atom stereocenters. The molecule has 5 amide bonds. The van der Waals surface area contributed by atoms with E-state index in [4.69, 9.17) is 5.11 Å². The summed E-state index contributed by atoms with van der Waals surface area (Å²) in [5, 5.41) is 71.8. The fourth-order valence-electron chi connectivity index (χ4n) is 8.49. The van der Waals surface area contributed by atoms with E-state index in [1.807, 2.05) is 9.13 Å². The molecule has 0 bridgehead atoms. The molecule has 3 unspecified atom stereocenters. The van der Waals surface area contributed by atoms with Crippen molar-refractivity contribution in [3.05, 3.63) is 36.4 Å². The minimum Gasteiger partial charge on any atom is -0.481 e. The van der Waals surface area contributed by atoms with Gasteiger partial charge in [-0.15, -0.1) is 0 Å². The highest BCUT2D eigenvalue weighted by Crippen LogP contribution is 2.25. The fourth-order valence-corrected chi connectivity index (χ4v) is 8.49. The first-order valence-corrected chi connectivity index (χ1v) is 23.9. The average molecular weight is 1040 g/mol. The summed E-state index contributed by atoms with van der Waals surface area (Å²) in [5.74, 6) is -9.66. The molecule has 28 nitrogen and oxygen atoms in total. The van der Waals surface area contributed by atoms with Gasteiger partial charge in [0, 0.05) is 19.4 Å². The predicted molar refractivity (Wildman–Crippen MR) is 246 cm³/mol. The van der Waals surface area contributed by atoms with Crippen molar-refractivity contribution in [3.8, 4) is 0 Å². The van der Waals surface area contributed by atoms with Crippen LogP contribution in [0.2, 0.25) is 0 Å². The lowest BCUT2D eigenvalue weighted by atomic mass is 10.1. The molecule has 10 N–H and O–H groups in total. The van der Waals surface area contributed by atoms with Gasteiger partial charge < -0.3 is 61.5 Å². The molecule has 0 saturated carbocycles. The van der Waals surface area contributed by atoms with Crippen molar-refractivity contribution < 1.29 is 102 Å². The number of imidazole rings is 2. The van der Waals surface area contributed by atoms with Gasteiger partial charge in [0.05, 0.1) is 13.6 Å². The van der Waals surface area contributed by atoms with Crippen LogP contribution in [-0.2, 0) is 87.8 Å². The number of rotatable bonds is 37. The number of carbonyl (C=O) groups excluding carboxylic acids is 4. The Morgan fingerprint density at radius 2 is 1.10 bits per heavy atom. The molecule has 1 aliphatic heterocycles. The van der Waals surface area contributed by atoms with Crippen LogP contribution in [0.25, 0.3) is 0 Å². The minimum absolute atomic E-state index is 0.00721. The molecule has 0 radical (unpaired) electrons. The molecule has 0 aliphatic carbocycles. The largest absolute Gasteiger partial charge is 0.481 e. The number of quaternary nitrogens is 1. The SMILES string of the molecule is C[n+]1ccn(CC(=O)N(CC(=O)O)CC(=O)O)c1C[N+]1(CCCCCCCCCCC(=O)NCCCCC(NC(=O)NC(CCC(=O)O)C(=O)O)C(=O)O)Cc2n(CC(=O)N(CC(=O)O)CC(=O)O)cc[n+]2C1. The minimum atomic E-state index is -1.52. The molecule has 28 heteroatoms. The van der Waals surface area contributed by atoms with Crippen molar-refractivity contribution in [2.45, 2.75) is 135 Å². The number of aliphatic carboxylic acids is 7. The van der Waals surface area contributed by atoms with Crippen LogP contribution < -0.4 is 25.1 Å². The maximum Gasteiger partial charge on any atom is 0.326 e. The highest BCUT2D eigenvalue weighted by Gasteiger charge is 2.46. The molecule has 2 aromatic heterocycles. The van der Waals surface area contributed by atoms with Crippen molar-refractivity contribution in [1.82, 2.24) is 34.9 Å². The van der Waals surface area contributed by atoms with Crippen molar-refractivity contribution in [3.63, 3.8) is 0 Å². The molecular formula is C45H69N10O18+3. The quantitative estimate of drug-likeness (QED) is 0.0215. The molecule has 3 rings (SSSR count). The van der Waals surface area contributed by atoms with Crippen molar-refractivity contribution in [2.24, 2.45) is 7.05 Å². The number of hydrogen-bond acceptors (Lipinski definition) is 11. The number of fused-ring (bicyclic) bond motifs is 1. The van der Waals surface area contributed by atoms with Crippen molar-refractivity contribution in [2.75, 3.05) is 39.3 Å². The summed E-state index contributed by atoms with van der Waals surface area (Å²) in [5.41, 5.74) is 0. The van der Waals surface area contributed by atoms with E-state index in [2.05, 4.69) is 16.0 Å². The van der Waals surface area contributed by atoms with Crippen LogP contribution in [0.1, 0.15) is 102 Å². The maximum absolute atomic E-state index is 13.3. The van der Waals surface area contributed by atoms with Crippen molar-refractivity contribution in [1.29, 1.82) is 0 Å². The van der Waals surface area contributed by atoms with Gasteiger partial charge in [0.25, 0.3) is 11.8 Å². The number of aromatic nitrogens is 4. The van der Waals surface area contributed by atoms with Gasteiger partial charge in [0.2, 0.25) is 12.6 Å². The first kappa shape index (κ1) is 59.7. The van der Waals surface area contributed by atoms with Crippen LogP contribution in [0.15, 0.2) is 24.8 Å². The van der Waals surface area contributed by atoms with E-state index >= 15 is 0 Å². The average Bonchev–Trinajstić information content (AvgIpc) is 3.95. The van der Waals surface area contributed by atoms with E-state index in [-0.39, 0.29) is 38.4 Å². The summed E-state index contributed by atoms with van der Waals surface area (Å²) >= 11 is 0. The van der Waals surface area contributed by atoms with Crippen molar-refractivity contribution >= 4 is 65.5 Å². The second-order valence-electron chi connectivity index (χ2n) is 18.1. The summed E-state index contributed by atoms with van der Waals surface area (Å²) in [6, 6.07) is -3.91. The van der Waals surface area contributed by atoms with Crippen LogP contribution in [0.3, 0.4) is 0 Å². The Kier molecular flexibility index (Phi) is 24.2. The lowest BCUT2D eigenvalue weighted by Gasteiger charge is -2.30. The zero-order valence-corrected chi connectivity index (χ0v) is 40.9.